The quantitative estimate of drug-likeness (QED) is 0.357. The molecule has 1 aliphatic rings. The van der Waals surface area contributed by atoms with Crippen molar-refractivity contribution in [3.8, 4) is 0 Å². The van der Waals surface area contributed by atoms with Crippen molar-refractivity contribution < 1.29 is 39.8 Å². The van der Waals surface area contributed by atoms with Crippen LogP contribution < -0.4 is 0 Å². The number of carboxylic acids is 1. The Kier molecular flexibility index (Phi) is 5.84. The first kappa shape index (κ1) is 21.5. The van der Waals surface area contributed by atoms with Crippen LogP contribution in [0.3, 0.4) is 0 Å². The molecular weight excluding hydrogens is 408 g/mol. The van der Waals surface area contributed by atoms with E-state index in [1.165, 1.54) is 6.07 Å². The van der Waals surface area contributed by atoms with E-state index in [-0.39, 0.29) is 11.1 Å². The number of rotatable bonds is 5. The van der Waals surface area contributed by atoms with Crippen molar-refractivity contribution in [2.45, 2.75) is 43.7 Å². The van der Waals surface area contributed by atoms with E-state index < -0.39 is 49.4 Å². The highest BCUT2D eigenvalue weighted by molar-refractivity contribution is 6.02. The van der Waals surface area contributed by atoms with Crippen LogP contribution in [0.2, 0.25) is 0 Å². The third-order valence-electron chi connectivity index (χ3n) is 5.38. The Morgan fingerprint density at radius 2 is 1.68 bits per heavy atom. The Hall–Kier alpha value is -2.73. The molecule has 3 aromatic rings. The minimum Gasteiger partial charge on any atom is -0.478 e. The molecule has 164 valence electrons. The fourth-order valence-corrected chi connectivity index (χ4v) is 3.70. The van der Waals surface area contributed by atoms with Crippen LogP contribution in [0.5, 0.6) is 0 Å². The van der Waals surface area contributed by atoms with Crippen LogP contribution in [0, 0.1) is 0 Å². The third kappa shape index (κ3) is 3.85. The smallest absolute Gasteiger partial charge is 0.337 e. The van der Waals surface area contributed by atoms with Gasteiger partial charge in [-0.15, -0.1) is 0 Å². The summed E-state index contributed by atoms with van der Waals surface area (Å²) in [6, 6.07) is 9.87. The molecule has 0 radical (unpaired) electrons. The largest absolute Gasteiger partial charge is 0.478 e. The average Bonchev–Trinajstić information content (AvgIpc) is 2.76. The van der Waals surface area contributed by atoms with Gasteiger partial charge in [-0.25, -0.2) is 14.8 Å². The topological polar surface area (TPSA) is 162 Å². The van der Waals surface area contributed by atoms with Crippen molar-refractivity contribution in [3.63, 3.8) is 0 Å². The lowest BCUT2D eigenvalue weighted by atomic mass is 9.99. The number of para-hydroxylation sites is 2. The first-order valence-corrected chi connectivity index (χ1v) is 9.70. The van der Waals surface area contributed by atoms with E-state index in [9.17, 15) is 30.3 Å². The molecular formula is C21H22N2O8. The number of hydrogen-bond acceptors (Lipinski definition) is 9. The lowest BCUT2D eigenvalue weighted by Gasteiger charge is -2.40. The molecule has 10 heteroatoms. The summed E-state index contributed by atoms with van der Waals surface area (Å²) in [6.45, 7) is 1.13. The van der Waals surface area contributed by atoms with E-state index in [1.807, 2.05) is 0 Å². The van der Waals surface area contributed by atoms with Gasteiger partial charge in [0.1, 0.15) is 29.9 Å². The summed E-state index contributed by atoms with van der Waals surface area (Å²) < 4.78 is 11.2. The van der Waals surface area contributed by atoms with Gasteiger partial charge in [-0.05, 0) is 25.1 Å². The van der Waals surface area contributed by atoms with Gasteiger partial charge in [-0.1, -0.05) is 18.2 Å². The van der Waals surface area contributed by atoms with E-state index in [0.29, 0.717) is 22.1 Å². The normalized spacial score (nSPS) is 27.5. The van der Waals surface area contributed by atoms with E-state index >= 15 is 0 Å². The number of benzene rings is 2. The Morgan fingerprint density at radius 3 is 2.35 bits per heavy atom. The number of aliphatic hydroxyl groups is 4. The molecule has 2 aromatic carbocycles. The average molecular weight is 430 g/mol. The maximum Gasteiger partial charge on any atom is 0.337 e. The molecule has 31 heavy (non-hydrogen) atoms. The van der Waals surface area contributed by atoms with Gasteiger partial charge in [-0.2, -0.15) is 0 Å². The van der Waals surface area contributed by atoms with Gasteiger partial charge in [-0.3, -0.25) is 0 Å². The van der Waals surface area contributed by atoms with Crippen LogP contribution in [-0.4, -0.2) is 78.8 Å². The van der Waals surface area contributed by atoms with E-state index in [1.54, 1.807) is 37.3 Å². The number of aromatic nitrogens is 2. The van der Waals surface area contributed by atoms with Crippen LogP contribution >= 0.6 is 0 Å². The monoisotopic (exact) mass is 430 g/mol. The van der Waals surface area contributed by atoms with Crippen LogP contribution in [0.25, 0.3) is 22.1 Å². The summed E-state index contributed by atoms with van der Waals surface area (Å²) in [5.74, 6) is -1.10. The molecule has 0 bridgehead atoms. The van der Waals surface area contributed by atoms with E-state index in [2.05, 4.69) is 9.97 Å². The van der Waals surface area contributed by atoms with E-state index in [0.717, 1.165) is 0 Å². The number of aromatic carboxylic acids is 1. The van der Waals surface area contributed by atoms with Gasteiger partial charge < -0.3 is 35.0 Å². The zero-order valence-corrected chi connectivity index (χ0v) is 16.5. The third-order valence-corrected chi connectivity index (χ3v) is 5.38. The molecule has 1 unspecified atom stereocenters. The highest BCUT2D eigenvalue weighted by Gasteiger charge is 2.44. The summed E-state index contributed by atoms with van der Waals surface area (Å²) in [5, 5.41) is 48.9. The van der Waals surface area contributed by atoms with Gasteiger partial charge >= 0.3 is 5.97 Å². The summed E-state index contributed by atoms with van der Waals surface area (Å²) >= 11 is 0. The number of fused-ring (bicyclic) bond motifs is 2. The second-order valence-electron chi connectivity index (χ2n) is 7.39. The second kappa shape index (κ2) is 8.42. The summed E-state index contributed by atoms with van der Waals surface area (Å²) in [5.41, 5.74) is 2.26. The summed E-state index contributed by atoms with van der Waals surface area (Å²) in [6.07, 6.45) is -7.61. The molecule has 0 aliphatic carbocycles. The number of carbonyl (C=O) groups is 1. The molecule has 1 saturated heterocycles. The first-order valence-electron chi connectivity index (χ1n) is 9.70. The molecule has 0 spiro atoms. The summed E-state index contributed by atoms with van der Waals surface area (Å²) in [4.78, 5) is 20.5. The molecule has 1 aliphatic heterocycles. The maximum atomic E-state index is 11.5. The molecule has 1 aromatic heterocycles. The fraction of sp³-hybridized carbons (Fsp3) is 0.381. The van der Waals surface area contributed by atoms with Crippen molar-refractivity contribution >= 4 is 28.0 Å². The molecule has 10 nitrogen and oxygen atoms in total. The molecule has 2 heterocycles. The van der Waals surface area contributed by atoms with Gasteiger partial charge in [0.15, 0.2) is 6.29 Å². The SMILES string of the molecule is CC(O[C@@H]1O[C@H](CO)[C@H](O)[C@H](O)[C@H]1O)c1cccc2nc3c(C(=O)O)cccc3nc12. The predicted molar refractivity (Wildman–Crippen MR) is 107 cm³/mol. The lowest BCUT2D eigenvalue weighted by molar-refractivity contribution is -0.310. The molecule has 4 rings (SSSR count). The van der Waals surface area contributed by atoms with Crippen molar-refractivity contribution in [1.29, 1.82) is 0 Å². The van der Waals surface area contributed by atoms with Gasteiger partial charge in [0.05, 0.1) is 34.8 Å². The van der Waals surface area contributed by atoms with Crippen LogP contribution in [-0.2, 0) is 9.47 Å². The highest BCUT2D eigenvalue weighted by atomic mass is 16.7. The number of carboxylic acid groups (broad SMARTS) is 1. The predicted octanol–water partition coefficient (Wildman–Crippen LogP) is 0.359. The molecule has 6 atom stereocenters. The van der Waals surface area contributed by atoms with E-state index in [4.69, 9.17) is 9.47 Å². The van der Waals surface area contributed by atoms with Gasteiger partial charge in [0.2, 0.25) is 0 Å². The second-order valence-corrected chi connectivity index (χ2v) is 7.39. The Labute approximate surface area is 176 Å². The van der Waals surface area contributed by atoms with Crippen molar-refractivity contribution in [3.05, 3.63) is 47.5 Å². The number of hydrogen-bond donors (Lipinski definition) is 5. The highest BCUT2D eigenvalue weighted by Crippen LogP contribution is 2.31. The van der Waals surface area contributed by atoms with Crippen molar-refractivity contribution in [2.75, 3.05) is 6.61 Å². The standard InChI is InChI=1S/C21H22N2O8/c1-9(30-21-19(27)18(26)17(25)14(8-24)31-21)10-4-2-6-12-15(10)22-13-7-3-5-11(20(28)29)16(13)23-12/h2-7,9,14,17-19,21,24-27H,8H2,1H3,(H,28,29)/t9?,14-,17+,18+,19-,21-/m1/s1. The summed E-state index contributed by atoms with van der Waals surface area (Å²) in [7, 11) is 0. The molecule has 1 fully saturated rings. The van der Waals surface area contributed by atoms with Gasteiger partial charge in [0.25, 0.3) is 0 Å². The number of ether oxygens (including phenoxy) is 2. The van der Waals surface area contributed by atoms with Crippen molar-refractivity contribution in [1.82, 2.24) is 9.97 Å². The minimum atomic E-state index is -1.55. The molecule has 0 amide bonds. The number of aliphatic hydroxyl groups excluding tert-OH is 4. The molecule has 5 N–H and O–H groups in total. The van der Waals surface area contributed by atoms with Crippen LogP contribution in [0.4, 0.5) is 0 Å². The van der Waals surface area contributed by atoms with Gasteiger partial charge in [0, 0.05) is 5.56 Å². The fourth-order valence-electron chi connectivity index (χ4n) is 3.70. The zero-order valence-electron chi connectivity index (χ0n) is 16.5. The van der Waals surface area contributed by atoms with Crippen molar-refractivity contribution in [2.24, 2.45) is 0 Å². The lowest BCUT2D eigenvalue weighted by Crippen LogP contribution is -2.59. The number of nitrogens with zero attached hydrogens (tertiary/aromatic N) is 2. The van der Waals surface area contributed by atoms with Crippen LogP contribution in [0.15, 0.2) is 36.4 Å². The first-order chi connectivity index (χ1) is 14.8. The molecule has 0 saturated carbocycles. The Morgan fingerprint density at radius 1 is 1.03 bits per heavy atom. The Bertz CT molecular complexity index is 1120. The zero-order chi connectivity index (χ0) is 22.3. The minimum absolute atomic E-state index is 0.0444. The maximum absolute atomic E-state index is 11.5. The Balaban J connectivity index is 1.70. The van der Waals surface area contributed by atoms with Crippen LogP contribution in [0.1, 0.15) is 28.9 Å².